The van der Waals surface area contributed by atoms with E-state index in [0.29, 0.717) is 15.7 Å². The fourth-order valence-electron chi connectivity index (χ4n) is 1.60. The van der Waals surface area contributed by atoms with Crippen molar-refractivity contribution in [1.82, 2.24) is 0 Å². The molecule has 19 heavy (non-hydrogen) atoms. The molecular formula is C14H10Cl2INO. The lowest BCUT2D eigenvalue weighted by molar-refractivity contribution is -0.115. The zero-order chi connectivity index (χ0) is 13.8. The van der Waals surface area contributed by atoms with Crippen molar-refractivity contribution in [2.24, 2.45) is 0 Å². The largest absolute Gasteiger partial charge is 0.324 e. The van der Waals surface area contributed by atoms with E-state index in [0.717, 1.165) is 9.13 Å². The molecule has 0 radical (unpaired) electrons. The molecule has 2 aromatic carbocycles. The Labute approximate surface area is 135 Å². The van der Waals surface area contributed by atoms with Crippen molar-refractivity contribution in [2.75, 3.05) is 5.32 Å². The summed E-state index contributed by atoms with van der Waals surface area (Å²) in [7, 11) is 0. The Morgan fingerprint density at radius 1 is 1.11 bits per heavy atom. The maximum Gasteiger partial charge on any atom is 0.228 e. The van der Waals surface area contributed by atoms with E-state index in [4.69, 9.17) is 23.2 Å². The zero-order valence-electron chi connectivity index (χ0n) is 9.79. The summed E-state index contributed by atoms with van der Waals surface area (Å²) in [5.74, 6) is -0.142. The van der Waals surface area contributed by atoms with Gasteiger partial charge in [0.15, 0.2) is 0 Å². The average Bonchev–Trinajstić information content (AvgIpc) is 2.36. The molecule has 0 fully saturated rings. The number of nitrogens with one attached hydrogen (secondary N) is 1. The molecule has 0 saturated carbocycles. The van der Waals surface area contributed by atoms with Crippen molar-refractivity contribution in [2.45, 2.75) is 6.42 Å². The SMILES string of the molecule is O=C(Cc1ccccc1Cl)Nc1ccc(I)cc1Cl. The second-order valence-electron chi connectivity index (χ2n) is 3.94. The summed E-state index contributed by atoms with van der Waals surface area (Å²) in [5, 5.41) is 3.90. The Balaban J connectivity index is 2.08. The molecule has 0 heterocycles. The monoisotopic (exact) mass is 405 g/mol. The Morgan fingerprint density at radius 3 is 2.53 bits per heavy atom. The van der Waals surface area contributed by atoms with Crippen LogP contribution in [0.1, 0.15) is 5.56 Å². The van der Waals surface area contributed by atoms with Crippen LogP contribution in [0.25, 0.3) is 0 Å². The molecule has 2 aromatic rings. The van der Waals surface area contributed by atoms with Gasteiger partial charge in [0.05, 0.1) is 17.1 Å². The van der Waals surface area contributed by atoms with Gasteiger partial charge in [0.2, 0.25) is 5.91 Å². The van der Waals surface area contributed by atoms with Crippen LogP contribution >= 0.6 is 45.8 Å². The molecule has 5 heteroatoms. The van der Waals surface area contributed by atoms with E-state index in [9.17, 15) is 4.79 Å². The van der Waals surface area contributed by atoms with Gasteiger partial charge in [0.1, 0.15) is 0 Å². The number of hydrogen-bond donors (Lipinski definition) is 1. The van der Waals surface area contributed by atoms with E-state index >= 15 is 0 Å². The van der Waals surface area contributed by atoms with Crippen LogP contribution in [0.5, 0.6) is 0 Å². The highest BCUT2D eigenvalue weighted by molar-refractivity contribution is 14.1. The van der Waals surface area contributed by atoms with Gasteiger partial charge in [-0.1, -0.05) is 41.4 Å². The van der Waals surface area contributed by atoms with Crippen molar-refractivity contribution >= 4 is 57.4 Å². The first-order chi connectivity index (χ1) is 9.06. The third-order valence-corrected chi connectivity index (χ3v) is 3.87. The minimum atomic E-state index is -0.142. The Morgan fingerprint density at radius 2 is 1.84 bits per heavy atom. The third-order valence-electron chi connectivity index (χ3n) is 2.51. The Hall–Kier alpha value is -0.780. The van der Waals surface area contributed by atoms with Crippen LogP contribution in [-0.2, 0) is 11.2 Å². The number of anilines is 1. The van der Waals surface area contributed by atoms with Crippen LogP contribution in [-0.4, -0.2) is 5.91 Å². The summed E-state index contributed by atoms with van der Waals surface area (Å²) >= 11 is 14.2. The smallest absolute Gasteiger partial charge is 0.228 e. The van der Waals surface area contributed by atoms with E-state index in [-0.39, 0.29) is 12.3 Å². The predicted octanol–water partition coefficient (Wildman–Crippen LogP) is 4.78. The number of hydrogen-bond acceptors (Lipinski definition) is 1. The van der Waals surface area contributed by atoms with Crippen LogP contribution in [0.15, 0.2) is 42.5 Å². The summed E-state index contributed by atoms with van der Waals surface area (Å²) < 4.78 is 1.02. The van der Waals surface area contributed by atoms with E-state index in [2.05, 4.69) is 27.9 Å². The van der Waals surface area contributed by atoms with Gasteiger partial charge in [-0.05, 0) is 52.4 Å². The predicted molar refractivity (Wildman–Crippen MR) is 88.0 cm³/mol. The van der Waals surface area contributed by atoms with E-state index in [1.54, 1.807) is 18.2 Å². The molecule has 1 N–H and O–H groups in total. The van der Waals surface area contributed by atoms with E-state index < -0.39 is 0 Å². The van der Waals surface area contributed by atoms with Crippen molar-refractivity contribution in [3.8, 4) is 0 Å². The molecule has 0 saturated heterocycles. The molecule has 0 aliphatic carbocycles. The van der Waals surface area contributed by atoms with Crippen LogP contribution in [0.3, 0.4) is 0 Å². The van der Waals surface area contributed by atoms with Gasteiger partial charge in [-0.15, -0.1) is 0 Å². The molecule has 0 unspecified atom stereocenters. The summed E-state index contributed by atoms with van der Waals surface area (Å²) in [6.07, 6.45) is 0.224. The maximum absolute atomic E-state index is 11.9. The number of amides is 1. The summed E-state index contributed by atoms with van der Waals surface area (Å²) in [4.78, 5) is 11.9. The number of rotatable bonds is 3. The molecule has 0 aliphatic rings. The quantitative estimate of drug-likeness (QED) is 0.731. The molecule has 0 bridgehead atoms. The summed E-state index contributed by atoms with van der Waals surface area (Å²) in [6.45, 7) is 0. The number of carbonyl (C=O) groups excluding carboxylic acids is 1. The normalized spacial score (nSPS) is 10.3. The Bertz CT molecular complexity index is 616. The van der Waals surface area contributed by atoms with Crippen molar-refractivity contribution in [3.05, 3.63) is 61.6 Å². The van der Waals surface area contributed by atoms with Gasteiger partial charge < -0.3 is 5.32 Å². The van der Waals surface area contributed by atoms with Gasteiger partial charge in [-0.25, -0.2) is 0 Å². The molecule has 0 atom stereocenters. The first-order valence-corrected chi connectivity index (χ1v) is 7.38. The molecule has 2 nitrogen and oxygen atoms in total. The molecule has 2 rings (SSSR count). The highest BCUT2D eigenvalue weighted by Gasteiger charge is 2.09. The Kier molecular flexibility index (Phi) is 5.07. The fourth-order valence-corrected chi connectivity index (χ4v) is 2.71. The van der Waals surface area contributed by atoms with Gasteiger partial charge in [-0.2, -0.15) is 0 Å². The van der Waals surface area contributed by atoms with Crippen LogP contribution < -0.4 is 5.32 Å². The number of benzene rings is 2. The van der Waals surface area contributed by atoms with Gasteiger partial charge in [0.25, 0.3) is 0 Å². The molecule has 0 aliphatic heterocycles. The average molecular weight is 406 g/mol. The topological polar surface area (TPSA) is 29.1 Å². The first kappa shape index (κ1) is 14.6. The van der Waals surface area contributed by atoms with Gasteiger partial charge >= 0.3 is 0 Å². The van der Waals surface area contributed by atoms with Crippen LogP contribution in [0.2, 0.25) is 10.0 Å². The molecule has 98 valence electrons. The lowest BCUT2D eigenvalue weighted by atomic mass is 10.1. The first-order valence-electron chi connectivity index (χ1n) is 5.54. The third kappa shape index (κ3) is 4.09. The van der Waals surface area contributed by atoms with E-state index in [1.165, 1.54) is 0 Å². The molecular weight excluding hydrogens is 396 g/mol. The highest BCUT2D eigenvalue weighted by Crippen LogP contribution is 2.24. The highest BCUT2D eigenvalue weighted by atomic mass is 127. The molecule has 0 aromatic heterocycles. The lowest BCUT2D eigenvalue weighted by Crippen LogP contribution is -2.14. The number of halogens is 3. The molecule has 0 spiro atoms. The second kappa shape index (κ2) is 6.59. The zero-order valence-corrected chi connectivity index (χ0v) is 13.5. The number of carbonyl (C=O) groups is 1. The summed E-state index contributed by atoms with van der Waals surface area (Å²) in [5.41, 5.74) is 1.41. The van der Waals surface area contributed by atoms with Crippen LogP contribution in [0.4, 0.5) is 5.69 Å². The minimum Gasteiger partial charge on any atom is -0.324 e. The lowest BCUT2D eigenvalue weighted by Gasteiger charge is -2.08. The minimum absolute atomic E-state index is 0.142. The maximum atomic E-state index is 11.9. The van der Waals surface area contributed by atoms with Crippen molar-refractivity contribution < 1.29 is 4.79 Å². The van der Waals surface area contributed by atoms with Gasteiger partial charge in [0, 0.05) is 8.59 Å². The van der Waals surface area contributed by atoms with E-state index in [1.807, 2.05) is 24.3 Å². The second-order valence-corrected chi connectivity index (χ2v) is 6.00. The standard InChI is InChI=1S/C14H10Cl2INO/c15-11-4-2-1-3-9(11)7-14(19)18-13-6-5-10(17)8-12(13)16/h1-6,8H,7H2,(H,18,19). The fraction of sp³-hybridized carbons (Fsp3) is 0.0714. The molecule has 1 amide bonds. The van der Waals surface area contributed by atoms with Gasteiger partial charge in [-0.3, -0.25) is 4.79 Å². The summed E-state index contributed by atoms with van der Waals surface area (Å²) in [6, 6.07) is 12.8. The van der Waals surface area contributed by atoms with Crippen molar-refractivity contribution in [1.29, 1.82) is 0 Å². The van der Waals surface area contributed by atoms with Crippen molar-refractivity contribution in [3.63, 3.8) is 0 Å². The van der Waals surface area contributed by atoms with Crippen LogP contribution in [0, 0.1) is 3.57 Å².